The number of methoxy groups -OCH3 is 1. The summed E-state index contributed by atoms with van der Waals surface area (Å²) in [7, 11) is 1.48. The van der Waals surface area contributed by atoms with Gasteiger partial charge in [0.25, 0.3) is 17.2 Å². The van der Waals surface area contributed by atoms with Crippen molar-refractivity contribution in [3.05, 3.63) is 58.9 Å². The molecule has 7 nitrogen and oxygen atoms in total. The summed E-state index contributed by atoms with van der Waals surface area (Å²) in [4.78, 5) is 20.0. The molecule has 10 heteroatoms. The van der Waals surface area contributed by atoms with E-state index < -0.39 is 17.6 Å². The number of rotatable bonds is 2. The number of para-hydroxylation sites is 2. The van der Waals surface area contributed by atoms with Crippen LogP contribution in [0.15, 0.2) is 47.5 Å². The van der Waals surface area contributed by atoms with Crippen LogP contribution in [0.4, 0.5) is 13.2 Å². The van der Waals surface area contributed by atoms with E-state index in [4.69, 9.17) is 4.74 Å². The highest BCUT2D eigenvalue weighted by atomic mass is 19.4. The van der Waals surface area contributed by atoms with Crippen molar-refractivity contribution in [2.45, 2.75) is 6.18 Å². The van der Waals surface area contributed by atoms with Crippen LogP contribution in [0.25, 0.3) is 22.4 Å². The third-order valence-electron chi connectivity index (χ3n) is 3.83. The SMILES string of the molecule is COc1ccccc1-n1ccc2c(cnc3nc(C(F)(F)F)nn32)c1=O. The highest BCUT2D eigenvalue weighted by Crippen LogP contribution is 2.27. The van der Waals surface area contributed by atoms with Gasteiger partial charge in [0.15, 0.2) is 0 Å². The van der Waals surface area contributed by atoms with E-state index in [2.05, 4.69) is 15.1 Å². The van der Waals surface area contributed by atoms with Crippen LogP contribution >= 0.6 is 0 Å². The Morgan fingerprint density at radius 2 is 1.92 bits per heavy atom. The molecule has 0 unspecified atom stereocenters. The molecule has 0 saturated heterocycles. The molecule has 1 aromatic carbocycles. The van der Waals surface area contributed by atoms with Crippen molar-refractivity contribution in [2.24, 2.45) is 0 Å². The summed E-state index contributed by atoms with van der Waals surface area (Å²) in [5, 5.41) is 3.54. The summed E-state index contributed by atoms with van der Waals surface area (Å²) in [5.74, 6) is -1.08. The van der Waals surface area contributed by atoms with Gasteiger partial charge in [0.2, 0.25) is 0 Å². The lowest BCUT2D eigenvalue weighted by atomic mass is 10.2. The fourth-order valence-electron chi connectivity index (χ4n) is 2.66. The molecular formula is C16H10F3N5O2. The van der Waals surface area contributed by atoms with Gasteiger partial charge >= 0.3 is 6.18 Å². The van der Waals surface area contributed by atoms with Gasteiger partial charge in [-0.3, -0.25) is 9.36 Å². The fraction of sp³-hybridized carbons (Fsp3) is 0.125. The maximum absolute atomic E-state index is 12.8. The second kappa shape index (κ2) is 5.55. The summed E-state index contributed by atoms with van der Waals surface area (Å²) in [6.07, 6.45) is -2.07. The number of nitrogens with zero attached hydrogens (tertiary/aromatic N) is 5. The van der Waals surface area contributed by atoms with Crippen molar-refractivity contribution in [2.75, 3.05) is 7.11 Å². The standard InChI is InChI=1S/C16H10F3N5O2/c1-26-12-5-3-2-4-11(12)23-7-6-10-9(13(23)25)8-20-15-21-14(16(17,18)19)22-24(10)15/h2-8H,1H3. The van der Waals surface area contributed by atoms with E-state index >= 15 is 0 Å². The van der Waals surface area contributed by atoms with Crippen molar-refractivity contribution >= 4 is 16.7 Å². The van der Waals surface area contributed by atoms with E-state index in [0.717, 1.165) is 4.52 Å². The first-order valence-electron chi connectivity index (χ1n) is 7.38. The number of ether oxygens (including phenoxy) is 1. The Balaban J connectivity index is 2.00. The molecule has 4 aromatic rings. The third kappa shape index (κ3) is 2.38. The zero-order chi connectivity index (χ0) is 18.5. The molecule has 0 aliphatic heterocycles. The summed E-state index contributed by atoms with van der Waals surface area (Å²) >= 11 is 0. The molecule has 132 valence electrons. The number of aromatic nitrogens is 5. The largest absolute Gasteiger partial charge is 0.495 e. The average molecular weight is 361 g/mol. The zero-order valence-corrected chi connectivity index (χ0v) is 13.2. The Kier molecular flexibility index (Phi) is 3.43. The lowest BCUT2D eigenvalue weighted by Gasteiger charge is -2.11. The van der Waals surface area contributed by atoms with Crippen LogP contribution in [0, 0.1) is 0 Å². The topological polar surface area (TPSA) is 74.3 Å². The number of hydrogen-bond donors (Lipinski definition) is 0. The molecule has 26 heavy (non-hydrogen) atoms. The van der Waals surface area contributed by atoms with E-state index in [1.165, 1.54) is 30.1 Å². The van der Waals surface area contributed by atoms with Crippen LogP contribution < -0.4 is 10.3 Å². The maximum Gasteiger partial charge on any atom is 0.453 e. The summed E-state index contributed by atoms with van der Waals surface area (Å²) in [6, 6.07) is 8.36. The quantitative estimate of drug-likeness (QED) is 0.548. The van der Waals surface area contributed by atoms with Gasteiger partial charge in [0.05, 0.1) is 23.7 Å². The highest BCUT2D eigenvalue weighted by molar-refractivity contribution is 5.79. The number of halogens is 3. The van der Waals surface area contributed by atoms with Crippen molar-refractivity contribution in [3.63, 3.8) is 0 Å². The summed E-state index contributed by atoms with van der Waals surface area (Å²) in [5.41, 5.74) is 0.205. The minimum Gasteiger partial charge on any atom is -0.495 e. The van der Waals surface area contributed by atoms with Gasteiger partial charge in [0, 0.05) is 12.4 Å². The van der Waals surface area contributed by atoms with E-state index in [9.17, 15) is 18.0 Å². The van der Waals surface area contributed by atoms with Gasteiger partial charge in [-0.25, -0.2) is 4.98 Å². The first-order chi connectivity index (χ1) is 12.4. The zero-order valence-electron chi connectivity index (χ0n) is 13.2. The third-order valence-corrected chi connectivity index (χ3v) is 3.83. The van der Waals surface area contributed by atoms with E-state index in [1.54, 1.807) is 24.3 Å². The normalized spacial score (nSPS) is 12.0. The number of fused-ring (bicyclic) bond motifs is 3. The fourth-order valence-corrected chi connectivity index (χ4v) is 2.66. The van der Waals surface area contributed by atoms with Crippen LogP contribution in [-0.2, 0) is 6.18 Å². The molecule has 0 spiro atoms. The number of benzene rings is 1. The van der Waals surface area contributed by atoms with Gasteiger partial charge in [0.1, 0.15) is 5.75 Å². The van der Waals surface area contributed by atoms with E-state index in [0.29, 0.717) is 11.4 Å². The monoisotopic (exact) mass is 361 g/mol. The molecule has 0 bridgehead atoms. The molecule has 0 atom stereocenters. The molecule has 0 aliphatic rings. The highest BCUT2D eigenvalue weighted by Gasteiger charge is 2.36. The Morgan fingerprint density at radius 3 is 2.65 bits per heavy atom. The first-order valence-corrected chi connectivity index (χ1v) is 7.38. The van der Waals surface area contributed by atoms with Gasteiger partial charge in [-0.15, -0.1) is 5.10 Å². The van der Waals surface area contributed by atoms with Gasteiger partial charge in [-0.05, 0) is 18.2 Å². The molecule has 3 heterocycles. The van der Waals surface area contributed by atoms with Gasteiger partial charge in [-0.2, -0.15) is 22.7 Å². The number of pyridine rings is 1. The molecule has 0 aliphatic carbocycles. The molecule has 0 fully saturated rings. The Morgan fingerprint density at radius 1 is 1.15 bits per heavy atom. The van der Waals surface area contributed by atoms with Gasteiger partial charge in [-0.1, -0.05) is 12.1 Å². The number of alkyl halides is 3. The lowest BCUT2D eigenvalue weighted by Crippen LogP contribution is -2.19. The minimum absolute atomic E-state index is 0.101. The van der Waals surface area contributed by atoms with E-state index in [1.807, 2.05) is 0 Å². The summed E-state index contributed by atoms with van der Waals surface area (Å²) < 4.78 is 46.0. The molecule has 0 saturated carbocycles. The smallest absolute Gasteiger partial charge is 0.453 e. The van der Waals surface area contributed by atoms with Crippen LogP contribution in [0.3, 0.4) is 0 Å². The Hall–Kier alpha value is -3.43. The predicted molar refractivity (Wildman–Crippen MR) is 85.4 cm³/mol. The van der Waals surface area contributed by atoms with E-state index in [-0.39, 0.29) is 16.7 Å². The van der Waals surface area contributed by atoms with Crippen molar-refractivity contribution in [3.8, 4) is 11.4 Å². The molecular weight excluding hydrogens is 351 g/mol. The van der Waals surface area contributed by atoms with Crippen molar-refractivity contribution < 1.29 is 17.9 Å². The molecule has 0 amide bonds. The Labute approximate surface area is 143 Å². The van der Waals surface area contributed by atoms with Crippen molar-refractivity contribution in [1.82, 2.24) is 24.1 Å². The van der Waals surface area contributed by atoms with Crippen LogP contribution in [0.5, 0.6) is 5.75 Å². The minimum atomic E-state index is -4.70. The molecule has 3 aromatic heterocycles. The lowest BCUT2D eigenvalue weighted by molar-refractivity contribution is -0.144. The average Bonchev–Trinajstić information content (AvgIpc) is 3.07. The molecule has 0 radical (unpaired) electrons. The first kappa shape index (κ1) is 16.1. The van der Waals surface area contributed by atoms with Crippen LogP contribution in [0.2, 0.25) is 0 Å². The van der Waals surface area contributed by atoms with Crippen LogP contribution in [-0.4, -0.2) is 31.3 Å². The number of hydrogen-bond acceptors (Lipinski definition) is 5. The molecule has 0 N–H and O–H groups in total. The van der Waals surface area contributed by atoms with Gasteiger partial charge < -0.3 is 4.74 Å². The summed E-state index contributed by atoms with van der Waals surface area (Å²) in [6.45, 7) is 0. The van der Waals surface area contributed by atoms with Crippen molar-refractivity contribution in [1.29, 1.82) is 0 Å². The Bertz CT molecular complexity index is 1200. The maximum atomic E-state index is 12.8. The second-order valence-corrected chi connectivity index (χ2v) is 5.36. The predicted octanol–water partition coefficient (Wildman–Crippen LogP) is 2.46. The molecule has 4 rings (SSSR count). The van der Waals surface area contributed by atoms with Crippen LogP contribution in [0.1, 0.15) is 5.82 Å². The second-order valence-electron chi connectivity index (χ2n) is 5.36.